The van der Waals surface area contributed by atoms with Gasteiger partial charge in [-0.3, -0.25) is 0 Å². The summed E-state index contributed by atoms with van der Waals surface area (Å²) in [6.07, 6.45) is 0.766. The van der Waals surface area contributed by atoms with Gasteiger partial charge < -0.3 is 15.8 Å². The molecule has 4 N–H and O–H groups in total. The van der Waals surface area contributed by atoms with E-state index >= 15 is 0 Å². The van der Waals surface area contributed by atoms with E-state index in [0.29, 0.717) is 32.8 Å². The van der Waals surface area contributed by atoms with E-state index in [0.717, 1.165) is 12.1 Å². The summed E-state index contributed by atoms with van der Waals surface area (Å²) in [5.41, 5.74) is 6.16. The minimum Gasteiger partial charge on any atom is -0.383 e. The highest BCUT2D eigenvalue weighted by molar-refractivity contribution is 7.89. The summed E-state index contributed by atoms with van der Waals surface area (Å²) in [5.74, 6) is 0. The molecule has 0 unspecified atom stereocenters. The van der Waals surface area contributed by atoms with Crippen LogP contribution >= 0.6 is 0 Å². The van der Waals surface area contributed by atoms with Gasteiger partial charge >= 0.3 is 0 Å². The van der Waals surface area contributed by atoms with Crippen LogP contribution in [0, 0.1) is 0 Å². The van der Waals surface area contributed by atoms with Crippen molar-refractivity contribution >= 4 is 15.7 Å². The van der Waals surface area contributed by atoms with E-state index in [1.54, 1.807) is 24.3 Å². The highest BCUT2D eigenvalue weighted by Crippen LogP contribution is 2.13. The molecule has 7 heteroatoms. The van der Waals surface area contributed by atoms with Crippen LogP contribution in [0.5, 0.6) is 0 Å². The Morgan fingerprint density at radius 1 is 1.15 bits per heavy atom. The van der Waals surface area contributed by atoms with Crippen molar-refractivity contribution in [3.05, 3.63) is 24.3 Å². The Morgan fingerprint density at radius 2 is 1.85 bits per heavy atom. The molecule has 0 heterocycles. The van der Waals surface area contributed by atoms with Gasteiger partial charge in [0.15, 0.2) is 0 Å². The second-order valence-corrected chi connectivity index (χ2v) is 6.02. The molecule has 1 aromatic rings. The molecule has 0 aromatic heterocycles. The smallest absolute Gasteiger partial charge is 0.240 e. The second-order valence-electron chi connectivity index (χ2n) is 4.25. The lowest BCUT2D eigenvalue weighted by Gasteiger charge is -2.09. The number of ether oxygens (including phenoxy) is 1. The third-order valence-electron chi connectivity index (χ3n) is 2.54. The number of hydrogen-bond donors (Lipinski definition) is 3. The van der Waals surface area contributed by atoms with E-state index in [9.17, 15) is 8.42 Å². The number of nitrogens with two attached hydrogens (primary N) is 1. The summed E-state index contributed by atoms with van der Waals surface area (Å²) in [6.45, 7) is 4.64. The summed E-state index contributed by atoms with van der Waals surface area (Å²) in [7, 11) is -3.39. The molecule has 0 amide bonds. The summed E-state index contributed by atoms with van der Waals surface area (Å²) in [4.78, 5) is 0.274. The lowest BCUT2D eigenvalue weighted by molar-refractivity contribution is 0.151. The highest BCUT2D eigenvalue weighted by atomic mass is 32.2. The fourth-order valence-electron chi connectivity index (χ4n) is 1.52. The lowest BCUT2D eigenvalue weighted by Crippen LogP contribution is -2.24. The van der Waals surface area contributed by atoms with Gasteiger partial charge in [0.1, 0.15) is 0 Å². The molecule has 0 saturated heterocycles. The van der Waals surface area contributed by atoms with Crippen molar-refractivity contribution in [1.29, 1.82) is 0 Å². The zero-order chi connectivity index (χ0) is 14.8. The topological polar surface area (TPSA) is 93.5 Å². The maximum atomic E-state index is 11.9. The van der Waals surface area contributed by atoms with Crippen LogP contribution < -0.4 is 15.8 Å². The predicted molar refractivity (Wildman–Crippen MR) is 80.3 cm³/mol. The van der Waals surface area contributed by atoms with Crippen molar-refractivity contribution in [2.75, 3.05) is 38.2 Å². The lowest BCUT2D eigenvalue weighted by atomic mass is 10.3. The zero-order valence-corrected chi connectivity index (χ0v) is 12.6. The molecule has 0 spiro atoms. The molecule has 0 saturated carbocycles. The molecule has 0 radical (unpaired) electrons. The van der Waals surface area contributed by atoms with Gasteiger partial charge in [-0.2, -0.15) is 0 Å². The van der Waals surface area contributed by atoms with Crippen molar-refractivity contribution in [3.8, 4) is 0 Å². The van der Waals surface area contributed by atoms with E-state index < -0.39 is 10.0 Å². The number of rotatable bonds is 10. The molecular formula is C13H23N3O3S. The first-order valence-electron chi connectivity index (χ1n) is 6.71. The van der Waals surface area contributed by atoms with Crippen molar-refractivity contribution in [3.63, 3.8) is 0 Å². The number of anilines is 1. The van der Waals surface area contributed by atoms with Crippen molar-refractivity contribution in [2.24, 2.45) is 5.73 Å². The second kappa shape index (κ2) is 8.91. The molecule has 114 valence electrons. The molecule has 6 nitrogen and oxygen atoms in total. The minimum atomic E-state index is -3.39. The Bertz CT molecular complexity index is 474. The largest absolute Gasteiger partial charge is 0.383 e. The standard InChI is InChI=1S/C13H23N3O3S/c1-2-8-16-20(17,18)13-5-3-12(4-6-13)15-9-11-19-10-7-14/h3-6,15-16H,2,7-11,14H2,1H3. The van der Waals surface area contributed by atoms with E-state index in [4.69, 9.17) is 10.5 Å². The number of nitrogens with one attached hydrogen (secondary N) is 2. The van der Waals surface area contributed by atoms with Gasteiger partial charge in [0.2, 0.25) is 10.0 Å². The average molecular weight is 301 g/mol. The van der Waals surface area contributed by atoms with Crippen LogP contribution in [0.15, 0.2) is 29.2 Å². The van der Waals surface area contributed by atoms with Crippen LogP contribution in [-0.2, 0) is 14.8 Å². The first-order valence-corrected chi connectivity index (χ1v) is 8.20. The third kappa shape index (κ3) is 5.87. The maximum absolute atomic E-state index is 11.9. The molecule has 0 aliphatic rings. The predicted octanol–water partition coefficient (Wildman–Crippen LogP) is 0.762. The van der Waals surface area contributed by atoms with Crippen LogP contribution in [0.4, 0.5) is 5.69 Å². The molecule has 0 aliphatic heterocycles. The fourth-order valence-corrected chi connectivity index (χ4v) is 2.66. The number of benzene rings is 1. The zero-order valence-electron chi connectivity index (χ0n) is 11.8. The van der Waals surface area contributed by atoms with Crippen LogP contribution in [-0.4, -0.2) is 41.3 Å². The Balaban J connectivity index is 2.47. The van der Waals surface area contributed by atoms with Crippen LogP contribution in [0.1, 0.15) is 13.3 Å². The molecule has 1 aromatic carbocycles. The van der Waals surface area contributed by atoms with Gasteiger partial charge in [-0.1, -0.05) is 6.92 Å². The molecule has 1 rings (SSSR count). The third-order valence-corrected chi connectivity index (χ3v) is 4.02. The maximum Gasteiger partial charge on any atom is 0.240 e. The van der Waals surface area contributed by atoms with Gasteiger partial charge in [-0.15, -0.1) is 0 Å². The minimum absolute atomic E-state index is 0.274. The first-order chi connectivity index (χ1) is 9.60. The van der Waals surface area contributed by atoms with E-state index in [2.05, 4.69) is 10.0 Å². The van der Waals surface area contributed by atoms with E-state index in [1.807, 2.05) is 6.92 Å². The van der Waals surface area contributed by atoms with Gasteiger partial charge in [0, 0.05) is 25.3 Å². The fraction of sp³-hybridized carbons (Fsp3) is 0.538. The van der Waals surface area contributed by atoms with Gasteiger partial charge in [-0.25, -0.2) is 13.1 Å². The molecule has 0 fully saturated rings. The van der Waals surface area contributed by atoms with Gasteiger partial charge in [0.05, 0.1) is 18.1 Å². The average Bonchev–Trinajstić information content (AvgIpc) is 2.45. The summed E-state index contributed by atoms with van der Waals surface area (Å²) >= 11 is 0. The van der Waals surface area contributed by atoms with Crippen LogP contribution in [0.3, 0.4) is 0 Å². The Labute approximate surface area is 120 Å². The molecule has 0 atom stereocenters. The number of hydrogen-bond acceptors (Lipinski definition) is 5. The van der Waals surface area contributed by atoms with Crippen LogP contribution in [0.2, 0.25) is 0 Å². The van der Waals surface area contributed by atoms with Crippen molar-refractivity contribution in [1.82, 2.24) is 4.72 Å². The molecule has 0 aliphatic carbocycles. The molecule has 20 heavy (non-hydrogen) atoms. The summed E-state index contributed by atoms with van der Waals surface area (Å²) in [6, 6.07) is 6.65. The Kier molecular flexibility index (Phi) is 7.53. The molecule has 0 bridgehead atoms. The molecular weight excluding hydrogens is 278 g/mol. The van der Waals surface area contributed by atoms with E-state index in [1.165, 1.54) is 0 Å². The Morgan fingerprint density at radius 3 is 2.45 bits per heavy atom. The van der Waals surface area contributed by atoms with Crippen molar-refractivity contribution < 1.29 is 13.2 Å². The van der Waals surface area contributed by atoms with Crippen LogP contribution in [0.25, 0.3) is 0 Å². The van der Waals surface area contributed by atoms with Gasteiger partial charge in [0.25, 0.3) is 0 Å². The summed E-state index contributed by atoms with van der Waals surface area (Å²) in [5, 5.41) is 3.14. The van der Waals surface area contributed by atoms with Gasteiger partial charge in [-0.05, 0) is 30.7 Å². The normalized spacial score (nSPS) is 11.5. The first kappa shape index (κ1) is 16.9. The monoisotopic (exact) mass is 301 g/mol. The summed E-state index contributed by atoms with van der Waals surface area (Å²) < 4.78 is 31.5. The van der Waals surface area contributed by atoms with Crippen molar-refractivity contribution in [2.45, 2.75) is 18.2 Å². The quantitative estimate of drug-likeness (QED) is 0.555. The SMILES string of the molecule is CCCNS(=O)(=O)c1ccc(NCCOCCN)cc1. The highest BCUT2D eigenvalue weighted by Gasteiger charge is 2.12. The van der Waals surface area contributed by atoms with E-state index in [-0.39, 0.29) is 4.90 Å². The Hall–Kier alpha value is -1.15. The number of sulfonamides is 1.